The van der Waals surface area contributed by atoms with E-state index in [1.165, 1.54) is 11.3 Å². The van der Waals surface area contributed by atoms with Gasteiger partial charge in [0.25, 0.3) is 15.9 Å². The fraction of sp³-hybridized carbons (Fsp3) is 0.471. The van der Waals surface area contributed by atoms with Crippen LogP contribution >= 0.6 is 11.3 Å². The highest BCUT2D eigenvalue weighted by atomic mass is 32.2. The Bertz CT molecular complexity index is 1140. The first-order valence-corrected chi connectivity index (χ1v) is 11.2. The second kappa shape index (κ2) is 6.98. The summed E-state index contributed by atoms with van der Waals surface area (Å²) in [5.41, 5.74) is 2.71. The molecular formula is C17H21N5O4S2. The maximum atomic E-state index is 13.2. The number of ether oxygens (including phenoxy) is 1. The van der Waals surface area contributed by atoms with Crippen molar-refractivity contribution in [3.63, 3.8) is 0 Å². The van der Waals surface area contributed by atoms with Crippen LogP contribution in [0, 0.1) is 20.8 Å². The van der Waals surface area contributed by atoms with Gasteiger partial charge in [0, 0.05) is 11.4 Å². The quantitative estimate of drug-likeness (QED) is 0.671. The first kappa shape index (κ1) is 19.1. The molecule has 4 heterocycles. The predicted molar refractivity (Wildman–Crippen MR) is 104 cm³/mol. The minimum absolute atomic E-state index is 0.199. The summed E-state index contributed by atoms with van der Waals surface area (Å²) in [4.78, 5) is 5.48. The van der Waals surface area contributed by atoms with Gasteiger partial charge in [0.15, 0.2) is 5.82 Å². The second-order valence-electron chi connectivity index (χ2n) is 6.58. The molecule has 9 nitrogen and oxygen atoms in total. The number of thiophene rings is 1. The monoisotopic (exact) mass is 423 g/mol. The van der Waals surface area contributed by atoms with Crippen LogP contribution in [0.1, 0.15) is 34.6 Å². The highest BCUT2D eigenvalue weighted by Gasteiger charge is 2.31. The van der Waals surface area contributed by atoms with E-state index in [0.717, 1.165) is 10.4 Å². The summed E-state index contributed by atoms with van der Waals surface area (Å²) in [5, 5.41) is 8.64. The molecule has 3 aromatic rings. The van der Waals surface area contributed by atoms with Crippen molar-refractivity contribution in [2.45, 2.75) is 52.2 Å². The number of anilines is 1. The zero-order valence-corrected chi connectivity index (χ0v) is 17.7. The van der Waals surface area contributed by atoms with Crippen molar-refractivity contribution in [1.29, 1.82) is 0 Å². The minimum atomic E-state index is -3.84. The molecule has 0 radical (unpaired) electrons. The van der Waals surface area contributed by atoms with E-state index in [0.29, 0.717) is 59.8 Å². The molecule has 0 saturated heterocycles. The standard InChI is InChI=1S/C17H21N5O4S2/c1-5-22-10(3)15(9(2)19-22)28(23,24)21-17-14(16-18-11(4)20-26-16)12-6-7-25-8-13(12)27-17/h21H,5-8H2,1-4H3. The summed E-state index contributed by atoms with van der Waals surface area (Å²) < 4.78 is 41.7. The van der Waals surface area contributed by atoms with Crippen LogP contribution in [0.5, 0.6) is 0 Å². The molecule has 1 aliphatic heterocycles. The average molecular weight is 424 g/mol. The third-order valence-electron chi connectivity index (χ3n) is 4.67. The van der Waals surface area contributed by atoms with E-state index >= 15 is 0 Å². The lowest BCUT2D eigenvalue weighted by Gasteiger charge is -2.12. The Labute approximate surface area is 166 Å². The molecule has 0 atom stereocenters. The average Bonchev–Trinajstić information content (AvgIpc) is 3.29. The van der Waals surface area contributed by atoms with Gasteiger partial charge in [-0.15, -0.1) is 11.3 Å². The minimum Gasteiger partial charge on any atom is -0.376 e. The van der Waals surface area contributed by atoms with E-state index in [-0.39, 0.29) is 4.90 Å². The molecule has 0 aromatic carbocycles. The summed E-state index contributed by atoms with van der Waals surface area (Å²) >= 11 is 1.34. The van der Waals surface area contributed by atoms with Crippen molar-refractivity contribution >= 4 is 26.4 Å². The molecule has 0 aliphatic carbocycles. The normalized spacial score (nSPS) is 14.3. The number of nitrogens with zero attached hydrogens (tertiary/aromatic N) is 4. The Kier molecular flexibility index (Phi) is 4.76. The van der Waals surface area contributed by atoms with E-state index in [1.807, 2.05) is 6.92 Å². The maximum absolute atomic E-state index is 13.2. The van der Waals surface area contributed by atoms with Crippen LogP contribution in [-0.4, -0.2) is 34.9 Å². The molecule has 28 heavy (non-hydrogen) atoms. The lowest BCUT2D eigenvalue weighted by atomic mass is 10.1. The number of fused-ring (bicyclic) bond motifs is 1. The second-order valence-corrected chi connectivity index (χ2v) is 9.30. The number of hydrogen-bond donors (Lipinski definition) is 1. The summed E-state index contributed by atoms with van der Waals surface area (Å²) in [7, 11) is -3.84. The van der Waals surface area contributed by atoms with Gasteiger partial charge in [0.05, 0.1) is 30.2 Å². The zero-order valence-electron chi connectivity index (χ0n) is 16.1. The Balaban J connectivity index is 1.82. The van der Waals surface area contributed by atoms with Gasteiger partial charge in [-0.1, -0.05) is 5.16 Å². The molecule has 3 aromatic heterocycles. The number of rotatable bonds is 5. The molecule has 4 rings (SSSR count). The number of nitrogens with one attached hydrogen (secondary N) is 1. The summed E-state index contributed by atoms with van der Waals surface area (Å²) in [6.07, 6.45) is 0.663. The lowest BCUT2D eigenvalue weighted by Crippen LogP contribution is -2.15. The number of aromatic nitrogens is 4. The third-order valence-corrected chi connectivity index (χ3v) is 7.52. The largest absolute Gasteiger partial charge is 0.376 e. The van der Waals surface area contributed by atoms with Gasteiger partial charge in [-0.2, -0.15) is 10.1 Å². The van der Waals surface area contributed by atoms with Crippen LogP contribution < -0.4 is 4.72 Å². The van der Waals surface area contributed by atoms with Gasteiger partial charge in [-0.3, -0.25) is 9.40 Å². The van der Waals surface area contributed by atoms with Crippen molar-refractivity contribution in [3.05, 3.63) is 27.7 Å². The molecule has 11 heteroatoms. The van der Waals surface area contributed by atoms with Gasteiger partial charge < -0.3 is 9.26 Å². The Morgan fingerprint density at radius 2 is 2.07 bits per heavy atom. The van der Waals surface area contributed by atoms with E-state index in [4.69, 9.17) is 9.26 Å². The first-order valence-electron chi connectivity index (χ1n) is 8.91. The third kappa shape index (κ3) is 3.12. The van der Waals surface area contributed by atoms with E-state index in [9.17, 15) is 8.42 Å². The molecule has 0 amide bonds. The topological polar surface area (TPSA) is 112 Å². The molecule has 0 unspecified atom stereocenters. The highest BCUT2D eigenvalue weighted by molar-refractivity contribution is 7.93. The summed E-state index contributed by atoms with van der Waals surface area (Å²) in [6.45, 7) is 8.71. The summed E-state index contributed by atoms with van der Waals surface area (Å²) in [6, 6.07) is 0. The fourth-order valence-electron chi connectivity index (χ4n) is 3.48. The molecule has 0 spiro atoms. The van der Waals surface area contributed by atoms with Gasteiger partial charge in [-0.05, 0) is 39.7 Å². The Hall–Kier alpha value is -2.24. The Morgan fingerprint density at radius 1 is 1.29 bits per heavy atom. The van der Waals surface area contributed by atoms with Gasteiger partial charge in [0.2, 0.25) is 0 Å². The smallest absolute Gasteiger partial charge is 0.266 e. The van der Waals surface area contributed by atoms with Crippen LogP contribution in [-0.2, 0) is 34.3 Å². The van der Waals surface area contributed by atoms with Crippen molar-refractivity contribution < 1.29 is 17.7 Å². The Morgan fingerprint density at radius 3 is 2.71 bits per heavy atom. The van der Waals surface area contributed by atoms with Crippen molar-refractivity contribution in [2.24, 2.45) is 0 Å². The molecule has 150 valence electrons. The lowest BCUT2D eigenvalue weighted by molar-refractivity contribution is 0.113. The van der Waals surface area contributed by atoms with E-state index in [1.54, 1.807) is 25.5 Å². The van der Waals surface area contributed by atoms with E-state index < -0.39 is 10.0 Å². The van der Waals surface area contributed by atoms with Crippen LogP contribution in [0.3, 0.4) is 0 Å². The van der Waals surface area contributed by atoms with Gasteiger partial charge in [0.1, 0.15) is 9.90 Å². The fourth-order valence-corrected chi connectivity index (χ4v) is 6.38. The van der Waals surface area contributed by atoms with Crippen molar-refractivity contribution in [2.75, 3.05) is 11.3 Å². The molecule has 1 aliphatic rings. The van der Waals surface area contributed by atoms with Crippen molar-refractivity contribution in [1.82, 2.24) is 19.9 Å². The molecule has 0 bridgehead atoms. The first-order chi connectivity index (χ1) is 13.3. The zero-order chi connectivity index (χ0) is 20.1. The maximum Gasteiger partial charge on any atom is 0.266 e. The summed E-state index contributed by atoms with van der Waals surface area (Å²) in [5.74, 6) is 0.805. The molecular weight excluding hydrogens is 402 g/mol. The highest BCUT2D eigenvalue weighted by Crippen LogP contribution is 2.43. The molecule has 0 saturated carbocycles. The van der Waals surface area contributed by atoms with Gasteiger partial charge in [-0.25, -0.2) is 8.42 Å². The van der Waals surface area contributed by atoms with Crippen LogP contribution in [0.2, 0.25) is 0 Å². The number of sulfonamides is 1. The van der Waals surface area contributed by atoms with Crippen LogP contribution in [0.25, 0.3) is 11.5 Å². The SMILES string of the molecule is CCn1nc(C)c(S(=O)(=O)Nc2sc3c(c2-c2nc(C)no2)CCOC3)c1C. The van der Waals surface area contributed by atoms with Crippen LogP contribution in [0.4, 0.5) is 5.00 Å². The number of hydrogen-bond acceptors (Lipinski definition) is 8. The molecule has 1 N–H and O–H groups in total. The van der Waals surface area contributed by atoms with Gasteiger partial charge >= 0.3 is 0 Å². The van der Waals surface area contributed by atoms with E-state index in [2.05, 4.69) is 20.0 Å². The number of aryl methyl sites for hydroxylation is 3. The predicted octanol–water partition coefficient (Wildman–Crippen LogP) is 2.81. The molecule has 0 fully saturated rings. The van der Waals surface area contributed by atoms with Crippen LogP contribution in [0.15, 0.2) is 9.42 Å². The van der Waals surface area contributed by atoms with Crippen molar-refractivity contribution in [3.8, 4) is 11.5 Å².